The Balaban J connectivity index is 0.000000134. The number of ether oxygens (including phenoxy) is 2. The van der Waals surface area contributed by atoms with E-state index in [9.17, 15) is 63.3 Å². The summed E-state index contributed by atoms with van der Waals surface area (Å²) >= 11 is 7.85. The maximum Gasteiger partial charge on any atom is 0.255 e. The van der Waals surface area contributed by atoms with Crippen molar-refractivity contribution >= 4 is 100 Å². The highest BCUT2D eigenvalue weighted by atomic mass is 32.1. The van der Waals surface area contributed by atoms with Gasteiger partial charge in [0.05, 0.1) is 50.5 Å². The van der Waals surface area contributed by atoms with E-state index < -0.39 is 60.6 Å². The number of nitrogens with zero attached hydrogens (tertiary/aromatic N) is 9. The summed E-state index contributed by atoms with van der Waals surface area (Å²) in [7, 11) is 0. The normalized spacial score (nSPS) is 20.6. The first-order valence-electron chi connectivity index (χ1n) is 51.2. The Kier molecular flexibility index (Phi) is 34.1. The molecule has 5 saturated heterocycles. The fourth-order valence-electron chi connectivity index (χ4n) is 21.5. The lowest BCUT2D eigenvalue weighted by Crippen LogP contribution is -2.55. The van der Waals surface area contributed by atoms with Gasteiger partial charge in [-0.2, -0.15) is 12.6 Å². The van der Waals surface area contributed by atoms with E-state index in [1.807, 2.05) is 241 Å². The topological polar surface area (TPSA) is 346 Å². The number of rotatable bonds is 28. The molecule has 147 heavy (non-hydrogen) atoms. The average Bonchev–Trinajstić information content (AvgIpc) is 1.63. The molecule has 0 radical (unpaired) electrons. The molecule has 28 nitrogen and oxygen atoms in total. The number of thiol groups is 1. The predicted molar refractivity (Wildman–Crippen MR) is 569 cm³/mol. The summed E-state index contributed by atoms with van der Waals surface area (Å²) in [5.41, 5.74) is 20.0. The molecule has 2 aromatic heterocycles. The number of fused-ring (bicyclic) bond motifs is 3. The number of aliphatic hydroxyl groups excluding tert-OH is 3. The van der Waals surface area contributed by atoms with Crippen LogP contribution in [-0.2, 0) is 84.1 Å². The number of β-amino-alcohol motifs (C(OH)–C–C–N with tert-alkyl or cyclic N) is 3. The average molecular weight is 2040 g/mol. The highest BCUT2D eigenvalue weighted by Gasteiger charge is 2.50. The number of nitrogens with one attached hydrogen (secondary N) is 4. The second kappa shape index (κ2) is 47.7. The minimum absolute atomic E-state index is 0.0783. The molecule has 10 heterocycles. The number of carbonyl (C=O) groups is 10. The number of aromatic nitrogens is 2. The quantitative estimate of drug-likeness (QED) is 0.0211. The van der Waals surface area contributed by atoms with Crippen LogP contribution >= 0.6 is 35.3 Å². The van der Waals surface area contributed by atoms with Gasteiger partial charge in [-0.15, -0.1) is 22.7 Å². The van der Waals surface area contributed by atoms with Crippen LogP contribution < -0.4 is 30.9 Å². The Bertz CT molecular complexity index is 6510. The third-order valence-corrected chi connectivity index (χ3v) is 31.9. The first-order valence-corrected chi connectivity index (χ1v) is 53.5. The molecule has 0 bridgehead atoms. The van der Waals surface area contributed by atoms with E-state index >= 15 is 0 Å². The van der Waals surface area contributed by atoms with E-state index in [2.05, 4.69) is 80.3 Å². The molecule has 20 rings (SSSR count). The van der Waals surface area contributed by atoms with Crippen LogP contribution in [0.25, 0.3) is 20.9 Å². The fourth-order valence-corrected chi connectivity index (χ4v) is 23.5. The number of hydrogen-bond donors (Lipinski definition) is 8. The molecule has 6 fully saturated rings. The molecular formula is C116H131N13O15S3. The van der Waals surface area contributed by atoms with E-state index in [0.717, 1.165) is 109 Å². The van der Waals surface area contributed by atoms with Crippen LogP contribution in [0.1, 0.15) is 204 Å². The van der Waals surface area contributed by atoms with Crippen LogP contribution in [0.3, 0.4) is 0 Å². The van der Waals surface area contributed by atoms with Crippen LogP contribution in [0.5, 0.6) is 11.5 Å². The number of likely N-dealkylation sites (tertiary alicyclic amines) is 3. The summed E-state index contributed by atoms with van der Waals surface area (Å²) in [5.74, 6) is 0.0996. The summed E-state index contributed by atoms with van der Waals surface area (Å²) in [4.78, 5) is 156. The van der Waals surface area contributed by atoms with Crippen molar-refractivity contribution in [1.82, 2.24) is 60.6 Å². The van der Waals surface area contributed by atoms with Crippen LogP contribution in [0.2, 0.25) is 0 Å². The van der Waals surface area contributed by atoms with E-state index in [1.165, 1.54) is 40.2 Å². The van der Waals surface area contributed by atoms with Gasteiger partial charge in [-0.1, -0.05) is 224 Å². The molecular weight excluding hydrogens is 1910 g/mol. The van der Waals surface area contributed by atoms with Crippen molar-refractivity contribution in [3.05, 3.63) is 314 Å². The number of carbonyl (C=O) groups excluding carboxylic acids is 10. The summed E-state index contributed by atoms with van der Waals surface area (Å²) in [6, 6.07) is 67.7. The molecule has 1 aliphatic carbocycles. The first-order chi connectivity index (χ1) is 71.0. The Hall–Kier alpha value is -13.3. The van der Waals surface area contributed by atoms with E-state index in [-0.39, 0.29) is 108 Å². The molecule has 8 aliphatic heterocycles. The predicted octanol–water partition coefficient (Wildman–Crippen LogP) is 15.5. The number of benzene rings is 9. The standard InChI is InChI=1S/C30H37N3O5.C29H32N4O3S2.C29H35N3O4.C28H27N3O3S/c1-19(2)27(33-17-23-5-3-4-6-25(23)29(33)36)30(37)32-18-24(34)15-26(32)28(35)31-16-20-7-9-21(10-8-20)22-11-13-38-14-12-22;1-17(2)25(33-14-21-6-4-5-7-23(21)28(33)35)29(36)32-15-22(37)12-24(32)27(34)30-13-19-8-10-20(11-9-19)26-18(3)31-16-38-26;1-18(2)26(32-16-22-6-3-4-9-24(22)28(32)35)29(36)31-17-23(33)14-25(31)27(34)30-15-19-10-12-21(13-11-19)20-7-5-8-20;1-19-27(35-18-30-19)21-12-10-20(11-13-21)16-29-28(33)26-15-23(32)17-31(26)22-6-5-9-25(14-22)34-24-7-3-2-4-8-24/h3-10,19,22,24,26-27,34H,11-18H2,1-2H3,(H,31,35);4-11,16-17,22,24-25,37H,12-15H2,1-3H3,(H,30,34);3-4,6,9-13,18,20,23,25-26,33H,5,7-8,14-17H2,1-2H3,(H,30,34);2-14,18,23,26,32H,15-17H2,1H3,(H,29,33)/t24-,26+,27+;22-,24+,25+;23-,25+,26+;23-,26+/m1111/s1. The monoisotopic (exact) mass is 2040 g/mol. The molecule has 1 saturated carbocycles. The van der Waals surface area contributed by atoms with Gasteiger partial charge in [-0.25, -0.2) is 9.97 Å². The molecule has 0 spiro atoms. The van der Waals surface area contributed by atoms with Gasteiger partial charge in [0.2, 0.25) is 41.4 Å². The summed E-state index contributed by atoms with van der Waals surface area (Å²) in [6.45, 7) is 20.7. The van der Waals surface area contributed by atoms with Crippen molar-refractivity contribution in [3.8, 4) is 32.4 Å². The number of anilines is 1. The number of hydrogen-bond acceptors (Lipinski definition) is 21. The number of thiazole rings is 2. The van der Waals surface area contributed by atoms with Gasteiger partial charge in [0, 0.05) is 138 Å². The van der Waals surface area contributed by atoms with Gasteiger partial charge in [-0.3, -0.25) is 47.9 Å². The third kappa shape index (κ3) is 24.6. The van der Waals surface area contributed by atoms with Crippen molar-refractivity contribution in [3.63, 3.8) is 0 Å². The Labute approximate surface area is 872 Å². The minimum atomic E-state index is -0.784. The van der Waals surface area contributed by atoms with Crippen LogP contribution in [0.4, 0.5) is 5.69 Å². The largest absolute Gasteiger partial charge is 0.457 e. The minimum Gasteiger partial charge on any atom is -0.457 e. The maximum atomic E-state index is 13.9. The molecule has 7 N–H and O–H groups in total. The maximum absolute atomic E-state index is 13.9. The molecule has 11 atom stereocenters. The molecule has 31 heteroatoms. The van der Waals surface area contributed by atoms with Crippen LogP contribution in [-0.4, -0.2) is 219 Å². The smallest absolute Gasteiger partial charge is 0.255 e. The van der Waals surface area contributed by atoms with Crippen molar-refractivity contribution in [1.29, 1.82) is 0 Å². The Morgan fingerprint density at radius 2 is 0.755 bits per heavy atom. The van der Waals surface area contributed by atoms with E-state index in [0.29, 0.717) is 106 Å². The molecule has 10 amide bonds. The Morgan fingerprint density at radius 3 is 1.13 bits per heavy atom. The van der Waals surface area contributed by atoms with E-state index in [1.54, 1.807) is 60.5 Å². The van der Waals surface area contributed by atoms with Gasteiger partial charge in [0.1, 0.15) is 53.8 Å². The number of aryl methyl sites for hydroxylation is 2. The third-order valence-electron chi connectivity index (χ3n) is 29.5. The molecule has 9 aromatic carbocycles. The second-order valence-corrected chi connectivity index (χ2v) is 43.2. The Morgan fingerprint density at radius 1 is 0.408 bits per heavy atom. The van der Waals surface area contributed by atoms with Crippen molar-refractivity contribution in [2.45, 2.75) is 237 Å². The van der Waals surface area contributed by atoms with E-state index in [4.69, 9.17) is 9.47 Å². The lowest BCUT2D eigenvalue weighted by atomic mass is 9.80. The van der Waals surface area contributed by atoms with Crippen molar-refractivity contribution in [2.24, 2.45) is 17.8 Å². The second-order valence-electron chi connectivity index (χ2n) is 40.8. The SMILES string of the molecule is CC(C)[C@@H](C(=O)N1C[C@H](O)C[C@H]1C(=O)NCc1ccc(C2CCC2)cc1)N1Cc2ccccc2C1=O.CC(C)[C@@H](C(=O)N1C[C@H](O)C[C@H]1C(=O)NCc1ccc(C2CCOCC2)cc1)N1Cc2ccccc2C1=O.Cc1ncsc1-c1ccc(CNC(=O)[C@@H]2C[C@@H](O)CN2c2cccc(Oc3ccccc3)c2)cc1.Cc1ncsc1-c1ccc(CNC(=O)[C@@H]2C[C@@H](S)CN2C(=O)[C@H](C(C)C)N2Cc3ccccc3C2=O)cc1. The zero-order valence-electron chi connectivity index (χ0n) is 84.3. The summed E-state index contributed by atoms with van der Waals surface area (Å²) in [6.07, 6.45) is 4.95. The van der Waals surface area contributed by atoms with Crippen LogP contribution in [0.15, 0.2) is 235 Å². The molecule has 0 unspecified atom stereocenters. The summed E-state index contributed by atoms with van der Waals surface area (Å²) < 4.78 is 11.4. The summed E-state index contributed by atoms with van der Waals surface area (Å²) in [5, 5.41) is 43.1. The highest BCUT2D eigenvalue weighted by Crippen LogP contribution is 2.41. The zero-order valence-corrected chi connectivity index (χ0v) is 86.9. The van der Waals surface area contributed by atoms with Crippen LogP contribution in [0, 0.1) is 31.6 Å². The first kappa shape index (κ1) is 105. The van der Waals surface area contributed by atoms with Crippen molar-refractivity contribution in [2.75, 3.05) is 44.3 Å². The molecule has 9 aliphatic rings. The number of para-hydroxylation sites is 1. The van der Waals surface area contributed by atoms with Gasteiger partial charge in [-0.05, 0) is 179 Å². The lowest BCUT2D eigenvalue weighted by molar-refractivity contribution is -0.143. The zero-order chi connectivity index (χ0) is 103. The van der Waals surface area contributed by atoms with Gasteiger partial charge in [0.15, 0.2) is 0 Å². The molecule has 768 valence electrons. The van der Waals surface area contributed by atoms with Crippen molar-refractivity contribution < 1.29 is 72.7 Å². The number of amides is 10. The van der Waals surface area contributed by atoms with Gasteiger partial charge < -0.3 is 80.4 Å². The highest BCUT2D eigenvalue weighted by molar-refractivity contribution is 7.81. The van der Waals surface area contributed by atoms with Gasteiger partial charge >= 0.3 is 0 Å². The fraction of sp³-hybridized carbons (Fsp3) is 0.397. The van der Waals surface area contributed by atoms with Gasteiger partial charge in [0.25, 0.3) is 17.7 Å². The lowest BCUT2D eigenvalue weighted by Gasteiger charge is -2.35. The number of aliphatic hydroxyl groups is 3. The molecule has 11 aromatic rings.